The Morgan fingerprint density at radius 2 is 2.04 bits per heavy atom. The summed E-state index contributed by atoms with van der Waals surface area (Å²) in [7, 11) is 0. The van der Waals surface area contributed by atoms with Crippen molar-refractivity contribution in [2.24, 2.45) is 17.8 Å². The fraction of sp³-hybridized carbons (Fsp3) is 0.684. The van der Waals surface area contributed by atoms with Crippen molar-refractivity contribution in [1.29, 1.82) is 0 Å². The minimum absolute atomic E-state index is 0.0703. The molecule has 4 atom stereocenters. The summed E-state index contributed by atoms with van der Waals surface area (Å²) in [5.74, 6) is -1.18. The highest BCUT2D eigenvalue weighted by atomic mass is 79.9. The Labute approximate surface area is 171 Å². The smallest absolute Gasteiger partial charge is 0.410 e. The molecular weight excluding hydrogens is 433 g/mol. The minimum Gasteiger partial charge on any atom is -0.444 e. The fourth-order valence-corrected chi connectivity index (χ4v) is 5.30. The summed E-state index contributed by atoms with van der Waals surface area (Å²) in [5.41, 5.74) is -0.308. The first-order valence-corrected chi connectivity index (χ1v) is 10.3. The van der Waals surface area contributed by atoms with Crippen LogP contribution in [0.15, 0.2) is 16.7 Å². The van der Waals surface area contributed by atoms with Crippen molar-refractivity contribution in [1.82, 2.24) is 9.88 Å². The van der Waals surface area contributed by atoms with E-state index in [0.29, 0.717) is 17.6 Å². The molecule has 3 rings (SSSR count). The number of nitrogens with zero attached hydrogens (tertiary/aromatic N) is 3. The van der Waals surface area contributed by atoms with Crippen LogP contribution < -0.4 is 0 Å². The molecular formula is C19H25BrFN3O4. The molecule has 154 valence electrons. The largest absolute Gasteiger partial charge is 0.444 e. The standard InChI is InChI=1S/C19H25BrFN3O4/c1-19(2,3)28-18(25)23-8-11-4-5-12(9-23)15(11)13(10-24(26)27)16-14(20)6-7-22-17(16)21/h6-7,11-13,15H,4-5,8-10H2,1-3H3/t11-,12+,13?,15-. The molecule has 1 aromatic heterocycles. The quantitative estimate of drug-likeness (QED) is 0.383. The number of rotatable bonds is 4. The van der Waals surface area contributed by atoms with Gasteiger partial charge in [0.25, 0.3) is 0 Å². The molecule has 1 aliphatic carbocycles. The highest BCUT2D eigenvalue weighted by Crippen LogP contribution is 2.50. The van der Waals surface area contributed by atoms with Gasteiger partial charge in [-0.3, -0.25) is 10.1 Å². The number of pyridine rings is 1. The Morgan fingerprint density at radius 3 is 2.54 bits per heavy atom. The molecule has 9 heteroatoms. The van der Waals surface area contributed by atoms with Gasteiger partial charge in [0.2, 0.25) is 12.5 Å². The van der Waals surface area contributed by atoms with Crippen LogP contribution in [0.3, 0.4) is 0 Å². The third-order valence-corrected chi connectivity index (χ3v) is 6.32. The number of aromatic nitrogens is 1. The van der Waals surface area contributed by atoms with E-state index in [1.165, 1.54) is 6.20 Å². The van der Waals surface area contributed by atoms with Gasteiger partial charge in [0.1, 0.15) is 5.60 Å². The van der Waals surface area contributed by atoms with E-state index in [-0.39, 0.29) is 40.9 Å². The first kappa shape index (κ1) is 21.0. The Bertz CT molecular complexity index is 736. The Balaban J connectivity index is 1.86. The molecule has 2 fully saturated rings. The summed E-state index contributed by atoms with van der Waals surface area (Å²) >= 11 is 3.35. The number of likely N-dealkylation sites (tertiary alicyclic amines) is 1. The van der Waals surface area contributed by atoms with E-state index in [0.717, 1.165) is 12.8 Å². The van der Waals surface area contributed by atoms with Crippen LogP contribution in [0.1, 0.15) is 45.1 Å². The molecule has 0 radical (unpaired) electrons. The molecule has 1 saturated heterocycles. The zero-order valence-corrected chi connectivity index (χ0v) is 17.8. The van der Waals surface area contributed by atoms with E-state index in [9.17, 15) is 19.3 Å². The predicted molar refractivity (Wildman–Crippen MR) is 104 cm³/mol. The van der Waals surface area contributed by atoms with Crippen molar-refractivity contribution < 1.29 is 18.8 Å². The summed E-state index contributed by atoms with van der Waals surface area (Å²) in [6.45, 7) is 6.06. The number of ether oxygens (including phenoxy) is 1. The number of amides is 1. The second kappa shape index (κ2) is 7.93. The zero-order valence-electron chi connectivity index (χ0n) is 16.2. The van der Waals surface area contributed by atoms with Gasteiger partial charge < -0.3 is 9.64 Å². The number of piperidine rings is 1. The fourth-order valence-electron chi connectivity index (χ4n) is 4.72. The van der Waals surface area contributed by atoms with Gasteiger partial charge in [-0.05, 0) is 57.4 Å². The number of carbonyl (C=O) groups excluding carboxylic acids is 1. The molecule has 0 spiro atoms. The van der Waals surface area contributed by atoms with Gasteiger partial charge in [-0.25, -0.2) is 9.78 Å². The lowest BCUT2D eigenvalue weighted by Gasteiger charge is -2.41. The SMILES string of the molecule is CC(C)(C)OC(=O)N1C[C@H]2CC[C@@H](C1)[C@@H]2C(C[N+](=O)[O-])c1c(Br)ccnc1F. The average Bonchev–Trinajstić information content (AvgIpc) is 2.80. The van der Waals surface area contributed by atoms with Gasteiger partial charge in [-0.2, -0.15) is 4.39 Å². The van der Waals surface area contributed by atoms with Crippen molar-refractivity contribution in [2.75, 3.05) is 19.6 Å². The second-order valence-electron chi connectivity index (χ2n) is 8.68. The topological polar surface area (TPSA) is 85.6 Å². The van der Waals surface area contributed by atoms with Crippen molar-refractivity contribution in [2.45, 2.75) is 45.1 Å². The molecule has 7 nitrogen and oxygen atoms in total. The van der Waals surface area contributed by atoms with Crippen LogP contribution in [-0.4, -0.2) is 46.1 Å². The maximum atomic E-state index is 14.5. The van der Waals surface area contributed by atoms with E-state index in [1.807, 2.05) is 20.8 Å². The predicted octanol–water partition coefficient (Wildman–Crippen LogP) is 4.24. The second-order valence-corrected chi connectivity index (χ2v) is 9.53. The molecule has 2 heterocycles. The summed E-state index contributed by atoms with van der Waals surface area (Å²) in [5, 5.41) is 11.4. The molecule has 1 unspecified atom stereocenters. The normalized spacial score (nSPS) is 25.5. The lowest BCUT2D eigenvalue weighted by molar-refractivity contribution is -0.485. The Kier molecular flexibility index (Phi) is 5.93. The van der Waals surface area contributed by atoms with Crippen LogP contribution in [0.5, 0.6) is 0 Å². The Hall–Kier alpha value is -1.77. The first-order valence-electron chi connectivity index (χ1n) is 9.46. The lowest BCUT2D eigenvalue weighted by atomic mass is 9.73. The van der Waals surface area contributed by atoms with Crippen LogP contribution in [0.4, 0.5) is 9.18 Å². The molecule has 28 heavy (non-hydrogen) atoms. The highest BCUT2D eigenvalue weighted by Gasteiger charge is 2.50. The summed E-state index contributed by atoms with van der Waals surface area (Å²) < 4.78 is 20.5. The summed E-state index contributed by atoms with van der Waals surface area (Å²) in [4.78, 5) is 28.9. The third-order valence-electron chi connectivity index (χ3n) is 5.63. The number of carbonyl (C=O) groups is 1. The third kappa shape index (κ3) is 4.45. The highest BCUT2D eigenvalue weighted by molar-refractivity contribution is 9.10. The van der Waals surface area contributed by atoms with E-state index in [1.54, 1.807) is 11.0 Å². The lowest BCUT2D eigenvalue weighted by Crippen LogP contribution is -2.49. The van der Waals surface area contributed by atoms with Gasteiger partial charge >= 0.3 is 6.09 Å². The number of nitro groups is 1. The van der Waals surface area contributed by atoms with Gasteiger partial charge in [0.05, 0.1) is 5.92 Å². The van der Waals surface area contributed by atoms with E-state index < -0.39 is 17.5 Å². The zero-order chi connectivity index (χ0) is 20.6. The van der Waals surface area contributed by atoms with Crippen molar-refractivity contribution in [3.63, 3.8) is 0 Å². The number of fused-ring (bicyclic) bond motifs is 2. The molecule has 1 aromatic rings. The van der Waals surface area contributed by atoms with Crippen LogP contribution in [0, 0.1) is 33.8 Å². The number of hydrogen-bond acceptors (Lipinski definition) is 5. The van der Waals surface area contributed by atoms with E-state index >= 15 is 0 Å². The first-order chi connectivity index (χ1) is 13.1. The molecule has 2 aliphatic rings. The van der Waals surface area contributed by atoms with E-state index in [2.05, 4.69) is 20.9 Å². The summed E-state index contributed by atoms with van der Waals surface area (Å²) in [6, 6.07) is 1.61. The maximum absolute atomic E-state index is 14.5. The molecule has 1 amide bonds. The minimum atomic E-state index is -0.671. The maximum Gasteiger partial charge on any atom is 0.410 e. The molecule has 0 N–H and O–H groups in total. The molecule has 2 bridgehead atoms. The molecule has 1 aliphatic heterocycles. The monoisotopic (exact) mass is 457 g/mol. The average molecular weight is 458 g/mol. The number of halogens is 2. The van der Waals surface area contributed by atoms with Gasteiger partial charge in [-0.1, -0.05) is 15.9 Å². The van der Waals surface area contributed by atoms with Gasteiger partial charge in [-0.15, -0.1) is 0 Å². The van der Waals surface area contributed by atoms with Crippen LogP contribution in [0.2, 0.25) is 0 Å². The van der Waals surface area contributed by atoms with E-state index in [4.69, 9.17) is 4.74 Å². The van der Waals surface area contributed by atoms with Crippen molar-refractivity contribution in [3.05, 3.63) is 38.4 Å². The molecule has 0 aromatic carbocycles. The van der Waals surface area contributed by atoms with Gasteiger partial charge in [0, 0.05) is 34.2 Å². The Morgan fingerprint density at radius 1 is 1.43 bits per heavy atom. The van der Waals surface area contributed by atoms with Gasteiger partial charge in [0.15, 0.2) is 0 Å². The van der Waals surface area contributed by atoms with Crippen LogP contribution >= 0.6 is 15.9 Å². The summed E-state index contributed by atoms with van der Waals surface area (Å²) in [6.07, 6.45) is 2.71. The molecule has 1 saturated carbocycles. The van der Waals surface area contributed by atoms with Crippen molar-refractivity contribution >= 4 is 22.0 Å². The van der Waals surface area contributed by atoms with Crippen LogP contribution in [0.25, 0.3) is 0 Å². The van der Waals surface area contributed by atoms with Crippen molar-refractivity contribution in [3.8, 4) is 0 Å². The van der Waals surface area contributed by atoms with Crippen LogP contribution in [-0.2, 0) is 4.74 Å². The number of hydrogen-bond donors (Lipinski definition) is 0.